The van der Waals surface area contributed by atoms with Crippen LogP contribution in [0.2, 0.25) is 0 Å². The van der Waals surface area contributed by atoms with Crippen LogP contribution in [-0.4, -0.2) is 33.8 Å². The Labute approximate surface area is 106 Å². The second-order valence-corrected chi connectivity index (χ2v) is 6.18. The van der Waals surface area contributed by atoms with Crippen LogP contribution in [0.1, 0.15) is 46.0 Å². The van der Waals surface area contributed by atoms with Crippen molar-refractivity contribution in [2.45, 2.75) is 52.0 Å². The molecule has 18 heavy (non-hydrogen) atoms. The molecule has 0 bridgehead atoms. The topological polar surface area (TPSA) is 74.7 Å². The quantitative estimate of drug-likeness (QED) is 0.755. The molecule has 0 aromatic carbocycles. The Balaban J connectivity index is 2.08. The molecule has 5 nitrogen and oxygen atoms in total. The summed E-state index contributed by atoms with van der Waals surface area (Å²) in [4.78, 5) is 36.3. The SMILES string of the molecule is CC1(C)CC(=O)N([C@H]2CC[C@@H](C(=O)O)C2)C(=O)C1. The lowest BCUT2D eigenvalue weighted by molar-refractivity contribution is -0.156. The minimum Gasteiger partial charge on any atom is -0.481 e. The Morgan fingerprint density at radius 2 is 1.78 bits per heavy atom. The fourth-order valence-corrected chi connectivity index (χ4v) is 3.01. The van der Waals surface area contributed by atoms with Gasteiger partial charge in [-0.15, -0.1) is 0 Å². The van der Waals surface area contributed by atoms with Gasteiger partial charge in [0.25, 0.3) is 0 Å². The van der Waals surface area contributed by atoms with E-state index < -0.39 is 11.9 Å². The highest BCUT2D eigenvalue weighted by atomic mass is 16.4. The molecule has 1 aliphatic carbocycles. The van der Waals surface area contributed by atoms with Gasteiger partial charge in [-0.2, -0.15) is 0 Å². The van der Waals surface area contributed by atoms with Crippen molar-refractivity contribution in [3.63, 3.8) is 0 Å². The molecule has 0 aromatic heterocycles. The number of carbonyl (C=O) groups is 3. The zero-order chi connectivity index (χ0) is 13.5. The molecule has 5 heteroatoms. The first kappa shape index (κ1) is 13.1. The van der Waals surface area contributed by atoms with E-state index in [9.17, 15) is 14.4 Å². The zero-order valence-electron chi connectivity index (χ0n) is 10.8. The maximum absolute atomic E-state index is 12.0. The molecule has 2 amide bonds. The van der Waals surface area contributed by atoms with E-state index in [4.69, 9.17) is 5.11 Å². The Morgan fingerprint density at radius 3 is 2.22 bits per heavy atom. The second kappa shape index (κ2) is 4.37. The number of piperidine rings is 1. The third-order valence-electron chi connectivity index (χ3n) is 3.92. The van der Waals surface area contributed by atoms with Crippen LogP contribution in [0, 0.1) is 11.3 Å². The largest absolute Gasteiger partial charge is 0.481 e. The van der Waals surface area contributed by atoms with Crippen molar-refractivity contribution in [2.75, 3.05) is 0 Å². The molecule has 0 aromatic rings. The highest BCUT2D eigenvalue weighted by molar-refractivity contribution is 5.99. The second-order valence-electron chi connectivity index (χ2n) is 6.18. The maximum Gasteiger partial charge on any atom is 0.306 e. The Kier molecular flexibility index (Phi) is 3.17. The predicted molar refractivity (Wildman–Crippen MR) is 63.6 cm³/mol. The molecule has 2 rings (SSSR count). The van der Waals surface area contributed by atoms with E-state index in [2.05, 4.69) is 0 Å². The summed E-state index contributed by atoms with van der Waals surface area (Å²) in [6.07, 6.45) is 2.32. The van der Waals surface area contributed by atoms with Crippen molar-refractivity contribution in [3.05, 3.63) is 0 Å². The molecule has 0 radical (unpaired) electrons. The van der Waals surface area contributed by atoms with Gasteiger partial charge in [0.15, 0.2) is 0 Å². The number of nitrogens with zero attached hydrogens (tertiary/aromatic N) is 1. The normalized spacial score (nSPS) is 31.8. The van der Waals surface area contributed by atoms with Crippen molar-refractivity contribution >= 4 is 17.8 Å². The summed E-state index contributed by atoms with van der Waals surface area (Å²) in [6, 6.07) is -0.206. The van der Waals surface area contributed by atoms with E-state index in [1.165, 1.54) is 4.90 Å². The number of aliphatic carboxylic acids is 1. The smallest absolute Gasteiger partial charge is 0.306 e. The summed E-state index contributed by atoms with van der Waals surface area (Å²) in [6.45, 7) is 3.82. The van der Waals surface area contributed by atoms with E-state index in [-0.39, 0.29) is 23.3 Å². The van der Waals surface area contributed by atoms with Gasteiger partial charge in [-0.3, -0.25) is 19.3 Å². The first-order valence-electron chi connectivity index (χ1n) is 6.38. The number of carboxylic acid groups (broad SMARTS) is 1. The fourth-order valence-electron chi connectivity index (χ4n) is 3.01. The number of hydrogen-bond donors (Lipinski definition) is 1. The van der Waals surface area contributed by atoms with Crippen molar-refractivity contribution in [3.8, 4) is 0 Å². The van der Waals surface area contributed by atoms with Crippen molar-refractivity contribution in [1.82, 2.24) is 4.90 Å². The third kappa shape index (κ3) is 2.40. The lowest BCUT2D eigenvalue weighted by Crippen LogP contribution is -2.50. The summed E-state index contributed by atoms with van der Waals surface area (Å²) in [7, 11) is 0. The Hall–Kier alpha value is -1.39. The standard InChI is InChI=1S/C13H19NO4/c1-13(2)6-10(15)14(11(16)7-13)9-4-3-8(5-9)12(17)18/h8-9H,3-7H2,1-2H3,(H,17,18)/t8-,9+/m1/s1. The van der Waals surface area contributed by atoms with Gasteiger partial charge in [0.1, 0.15) is 0 Å². The van der Waals surface area contributed by atoms with Crippen molar-refractivity contribution in [2.24, 2.45) is 11.3 Å². The summed E-state index contributed by atoms with van der Waals surface area (Å²) in [5.41, 5.74) is -0.268. The predicted octanol–water partition coefficient (Wildman–Crippen LogP) is 1.41. The van der Waals surface area contributed by atoms with Crippen LogP contribution in [0.4, 0.5) is 0 Å². The number of rotatable bonds is 2. The summed E-state index contributed by atoms with van der Waals surface area (Å²) in [5, 5.41) is 8.96. The molecule has 1 aliphatic heterocycles. The fraction of sp³-hybridized carbons (Fsp3) is 0.769. The average Bonchev–Trinajstić information content (AvgIpc) is 2.63. The van der Waals surface area contributed by atoms with Crippen LogP contribution in [0.25, 0.3) is 0 Å². The maximum atomic E-state index is 12.0. The molecule has 1 heterocycles. The highest BCUT2D eigenvalue weighted by Gasteiger charge is 2.43. The number of imide groups is 1. The van der Waals surface area contributed by atoms with Gasteiger partial charge >= 0.3 is 5.97 Å². The minimum atomic E-state index is -0.824. The van der Waals surface area contributed by atoms with E-state index in [0.29, 0.717) is 32.1 Å². The molecule has 0 spiro atoms. The van der Waals surface area contributed by atoms with E-state index >= 15 is 0 Å². The van der Waals surface area contributed by atoms with Gasteiger partial charge in [-0.1, -0.05) is 13.8 Å². The monoisotopic (exact) mass is 253 g/mol. The number of hydrogen-bond acceptors (Lipinski definition) is 3. The molecular formula is C13H19NO4. The summed E-state index contributed by atoms with van der Waals surface area (Å²) < 4.78 is 0. The molecule has 1 saturated heterocycles. The molecule has 100 valence electrons. The van der Waals surface area contributed by atoms with Crippen LogP contribution < -0.4 is 0 Å². The number of carboxylic acids is 1. The Morgan fingerprint density at radius 1 is 1.22 bits per heavy atom. The van der Waals surface area contributed by atoms with E-state index in [0.717, 1.165) is 0 Å². The van der Waals surface area contributed by atoms with Crippen LogP contribution in [-0.2, 0) is 14.4 Å². The third-order valence-corrected chi connectivity index (χ3v) is 3.92. The molecular weight excluding hydrogens is 234 g/mol. The molecule has 0 unspecified atom stereocenters. The van der Waals surface area contributed by atoms with Gasteiger partial charge in [-0.05, 0) is 24.7 Å². The summed E-state index contributed by atoms with van der Waals surface area (Å²) >= 11 is 0. The van der Waals surface area contributed by atoms with Crippen LogP contribution in [0.3, 0.4) is 0 Å². The number of carbonyl (C=O) groups excluding carboxylic acids is 2. The number of likely N-dealkylation sites (tertiary alicyclic amines) is 1. The van der Waals surface area contributed by atoms with E-state index in [1.54, 1.807) is 0 Å². The van der Waals surface area contributed by atoms with E-state index in [1.807, 2.05) is 13.8 Å². The van der Waals surface area contributed by atoms with Crippen LogP contribution in [0.5, 0.6) is 0 Å². The molecule has 2 aliphatic rings. The first-order chi connectivity index (χ1) is 8.30. The molecule has 2 fully saturated rings. The highest BCUT2D eigenvalue weighted by Crippen LogP contribution is 2.37. The van der Waals surface area contributed by atoms with Crippen molar-refractivity contribution < 1.29 is 19.5 Å². The first-order valence-corrected chi connectivity index (χ1v) is 6.38. The van der Waals surface area contributed by atoms with Gasteiger partial charge in [0.2, 0.25) is 11.8 Å². The van der Waals surface area contributed by atoms with Crippen molar-refractivity contribution in [1.29, 1.82) is 0 Å². The van der Waals surface area contributed by atoms with Gasteiger partial charge in [0.05, 0.1) is 5.92 Å². The van der Waals surface area contributed by atoms with Gasteiger partial charge in [0, 0.05) is 18.9 Å². The van der Waals surface area contributed by atoms with Gasteiger partial charge in [-0.25, -0.2) is 0 Å². The Bertz CT molecular complexity index is 382. The average molecular weight is 253 g/mol. The zero-order valence-corrected chi connectivity index (χ0v) is 10.8. The molecule has 1 saturated carbocycles. The van der Waals surface area contributed by atoms with Gasteiger partial charge < -0.3 is 5.11 Å². The minimum absolute atomic E-state index is 0.146. The summed E-state index contributed by atoms with van der Waals surface area (Å²) in [5.74, 6) is -1.53. The van der Waals surface area contributed by atoms with Crippen LogP contribution >= 0.6 is 0 Å². The molecule has 1 N–H and O–H groups in total. The molecule has 2 atom stereocenters. The lowest BCUT2D eigenvalue weighted by atomic mass is 9.81. The van der Waals surface area contributed by atoms with Crippen LogP contribution in [0.15, 0.2) is 0 Å². The number of amides is 2. The lowest BCUT2D eigenvalue weighted by Gasteiger charge is -2.37.